The summed E-state index contributed by atoms with van der Waals surface area (Å²) in [6.45, 7) is 1.75. The molecule has 0 aliphatic carbocycles. The largest absolute Gasteiger partial charge is 0.459 e. The zero-order valence-electron chi connectivity index (χ0n) is 17.1. The zero-order valence-corrected chi connectivity index (χ0v) is 18.6. The van der Waals surface area contributed by atoms with Crippen LogP contribution in [-0.4, -0.2) is 11.0 Å². The number of furan rings is 2. The molecule has 5 nitrogen and oxygen atoms in total. The number of anilines is 1. The van der Waals surface area contributed by atoms with E-state index >= 15 is 0 Å². The standard InChI is InChI=1S/C25H19Cl2NO4/c1-15-2-3-16(12-21(15)26)23-9-5-18(31-23)7-11-25(30)28-17-4-8-20(22(27)13-17)24-10-6-19(14-29)32-24/h2-13,29H,14H2,1H3,(H,28,30)/b11-7+. The van der Waals surface area contributed by atoms with Crippen LogP contribution in [0.25, 0.3) is 28.7 Å². The molecule has 0 saturated heterocycles. The Morgan fingerprint density at radius 1 is 0.969 bits per heavy atom. The number of aliphatic hydroxyl groups is 1. The van der Waals surface area contributed by atoms with Crippen LogP contribution in [0.3, 0.4) is 0 Å². The van der Waals surface area contributed by atoms with Crippen LogP contribution in [0, 0.1) is 6.92 Å². The van der Waals surface area contributed by atoms with Gasteiger partial charge in [0, 0.05) is 27.9 Å². The van der Waals surface area contributed by atoms with E-state index in [0.29, 0.717) is 44.3 Å². The van der Waals surface area contributed by atoms with E-state index in [1.807, 2.05) is 31.2 Å². The molecule has 0 aliphatic rings. The summed E-state index contributed by atoms with van der Waals surface area (Å²) in [5.74, 6) is 1.87. The van der Waals surface area contributed by atoms with E-state index < -0.39 is 0 Å². The van der Waals surface area contributed by atoms with Crippen molar-refractivity contribution in [3.05, 3.63) is 93.9 Å². The third kappa shape index (κ3) is 4.97. The van der Waals surface area contributed by atoms with Gasteiger partial charge in [-0.1, -0.05) is 35.3 Å². The maximum absolute atomic E-state index is 12.3. The lowest BCUT2D eigenvalue weighted by atomic mass is 10.1. The molecule has 4 rings (SSSR count). The quantitative estimate of drug-likeness (QED) is 0.300. The molecule has 2 aromatic carbocycles. The molecule has 2 N–H and O–H groups in total. The lowest BCUT2D eigenvalue weighted by Crippen LogP contribution is -2.07. The van der Waals surface area contributed by atoms with E-state index in [4.69, 9.17) is 37.1 Å². The Balaban J connectivity index is 1.42. The molecule has 0 aliphatic heterocycles. The summed E-state index contributed by atoms with van der Waals surface area (Å²) in [6, 6.07) is 17.8. The zero-order chi connectivity index (χ0) is 22.7. The van der Waals surface area contributed by atoms with E-state index in [9.17, 15) is 4.79 Å². The molecule has 0 spiro atoms. The Kier molecular flexibility index (Phi) is 6.51. The summed E-state index contributed by atoms with van der Waals surface area (Å²) < 4.78 is 11.3. The normalized spacial score (nSPS) is 11.2. The minimum atomic E-state index is -0.328. The van der Waals surface area contributed by atoms with E-state index in [2.05, 4.69) is 5.32 Å². The number of nitrogens with one attached hydrogen (secondary N) is 1. The molecule has 7 heteroatoms. The number of amides is 1. The summed E-state index contributed by atoms with van der Waals surface area (Å²) in [5, 5.41) is 13.0. The predicted molar refractivity (Wildman–Crippen MR) is 127 cm³/mol. The van der Waals surface area contributed by atoms with Crippen molar-refractivity contribution in [3.63, 3.8) is 0 Å². The Morgan fingerprint density at radius 2 is 1.78 bits per heavy atom. The molecule has 32 heavy (non-hydrogen) atoms. The van der Waals surface area contributed by atoms with E-state index in [1.54, 1.807) is 42.5 Å². The molecule has 2 aromatic heterocycles. The number of carbonyl (C=O) groups is 1. The topological polar surface area (TPSA) is 75.6 Å². The molecular formula is C25H19Cl2NO4. The molecule has 0 unspecified atom stereocenters. The highest BCUT2D eigenvalue weighted by Gasteiger charge is 2.10. The van der Waals surface area contributed by atoms with Crippen LogP contribution in [0.15, 0.2) is 75.6 Å². The Bertz CT molecular complexity index is 1300. The van der Waals surface area contributed by atoms with Crippen molar-refractivity contribution >= 4 is 40.9 Å². The maximum Gasteiger partial charge on any atom is 0.248 e. The Hall–Kier alpha value is -3.25. The fraction of sp³-hybridized carbons (Fsp3) is 0.0800. The molecule has 0 saturated carbocycles. The van der Waals surface area contributed by atoms with Gasteiger partial charge in [0.2, 0.25) is 5.91 Å². The summed E-state index contributed by atoms with van der Waals surface area (Å²) in [4.78, 5) is 12.3. The lowest BCUT2D eigenvalue weighted by molar-refractivity contribution is -0.111. The van der Waals surface area contributed by atoms with Gasteiger partial charge in [-0.25, -0.2) is 0 Å². The van der Waals surface area contributed by atoms with Gasteiger partial charge in [-0.3, -0.25) is 4.79 Å². The first-order chi connectivity index (χ1) is 15.4. The van der Waals surface area contributed by atoms with Crippen molar-refractivity contribution in [1.29, 1.82) is 0 Å². The first-order valence-corrected chi connectivity index (χ1v) is 10.5. The highest BCUT2D eigenvalue weighted by Crippen LogP contribution is 2.32. The number of hydrogen-bond donors (Lipinski definition) is 2. The third-order valence-corrected chi connectivity index (χ3v) is 5.52. The second kappa shape index (κ2) is 9.49. The molecule has 162 valence electrons. The van der Waals surface area contributed by atoms with Gasteiger partial charge < -0.3 is 19.3 Å². The first-order valence-electron chi connectivity index (χ1n) is 9.78. The summed E-state index contributed by atoms with van der Waals surface area (Å²) in [7, 11) is 0. The minimum absolute atomic E-state index is 0.186. The number of carbonyl (C=O) groups excluding carboxylic acids is 1. The second-order valence-corrected chi connectivity index (χ2v) is 7.92. The smallest absolute Gasteiger partial charge is 0.248 e. The number of benzene rings is 2. The number of aryl methyl sites for hydroxylation is 1. The summed E-state index contributed by atoms with van der Waals surface area (Å²) in [5.41, 5.74) is 3.06. The minimum Gasteiger partial charge on any atom is -0.459 e. The number of rotatable bonds is 6. The Morgan fingerprint density at radius 3 is 2.50 bits per heavy atom. The van der Waals surface area contributed by atoms with Crippen molar-refractivity contribution in [2.24, 2.45) is 0 Å². The van der Waals surface area contributed by atoms with Crippen LogP contribution in [0.5, 0.6) is 0 Å². The van der Waals surface area contributed by atoms with Crippen molar-refractivity contribution in [1.82, 2.24) is 0 Å². The second-order valence-electron chi connectivity index (χ2n) is 7.11. The van der Waals surface area contributed by atoms with Crippen LogP contribution in [0.1, 0.15) is 17.1 Å². The van der Waals surface area contributed by atoms with E-state index in [0.717, 1.165) is 11.1 Å². The van der Waals surface area contributed by atoms with Crippen molar-refractivity contribution in [3.8, 4) is 22.6 Å². The Labute approximate surface area is 194 Å². The predicted octanol–water partition coefficient (Wildman–Crippen LogP) is 6.97. The van der Waals surface area contributed by atoms with Gasteiger partial charge in [0.05, 0.1) is 5.02 Å². The van der Waals surface area contributed by atoms with Crippen LogP contribution < -0.4 is 5.32 Å². The SMILES string of the molecule is Cc1ccc(-c2ccc(/C=C/C(=O)Nc3ccc(-c4ccc(CO)o4)c(Cl)c3)o2)cc1Cl. The van der Waals surface area contributed by atoms with Crippen molar-refractivity contribution in [2.75, 3.05) is 5.32 Å². The first kappa shape index (κ1) is 22.0. The van der Waals surface area contributed by atoms with Gasteiger partial charge in [0.15, 0.2) is 0 Å². The molecule has 4 aromatic rings. The van der Waals surface area contributed by atoms with E-state index in [1.165, 1.54) is 6.08 Å². The van der Waals surface area contributed by atoms with Crippen LogP contribution in [0.2, 0.25) is 10.0 Å². The molecule has 0 bridgehead atoms. The van der Waals surface area contributed by atoms with Crippen molar-refractivity contribution < 1.29 is 18.7 Å². The highest BCUT2D eigenvalue weighted by atomic mass is 35.5. The average Bonchev–Trinajstić information content (AvgIpc) is 3.44. The number of hydrogen-bond acceptors (Lipinski definition) is 4. The molecular weight excluding hydrogens is 449 g/mol. The van der Waals surface area contributed by atoms with Crippen LogP contribution >= 0.6 is 23.2 Å². The van der Waals surface area contributed by atoms with Gasteiger partial charge in [-0.15, -0.1) is 0 Å². The van der Waals surface area contributed by atoms with Gasteiger partial charge >= 0.3 is 0 Å². The molecule has 0 fully saturated rings. The van der Waals surface area contributed by atoms with Gasteiger partial charge in [0.25, 0.3) is 0 Å². The van der Waals surface area contributed by atoms with Gasteiger partial charge in [-0.2, -0.15) is 0 Å². The van der Waals surface area contributed by atoms with Crippen molar-refractivity contribution in [2.45, 2.75) is 13.5 Å². The monoisotopic (exact) mass is 467 g/mol. The molecule has 2 heterocycles. The fourth-order valence-electron chi connectivity index (χ4n) is 3.09. The van der Waals surface area contributed by atoms with Crippen LogP contribution in [0.4, 0.5) is 5.69 Å². The number of halogens is 2. The molecule has 1 amide bonds. The molecule has 0 atom stereocenters. The highest BCUT2D eigenvalue weighted by molar-refractivity contribution is 6.33. The van der Waals surface area contributed by atoms with Gasteiger partial charge in [0.1, 0.15) is 29.6 Å². The summed E-state index contributed by atoms with van der Waals surface area (Å²) in [6.07, 6.45) is 2.97. The van der Waals surface area contributed by atoms with E-state index in [-0.39, 0.29) is 12.5 Å². The average molecular weight is 468 g/mol. The maximum atomic E-state index is 12.3. The van der Waals surface area contributed by atoms with Gasteiger partial charge in [-0.05, 0) is 67.1 Å². The third-order valence-electron chi connectivity index (χ3n) is 4.80. The lowest BCUT2D eigenvalue weighted by Gasteiger charge is -2.06. The fourth-order valence-corrected chi connectivity index (χ4v) is 3.54. The number of aliphatic hydroxyl groups excluding tert-OH is 1. The molecule has 0 radical (unpaired) electrons. The van der Waals surface area contributed by atoms with Crippen LogP contribution in [-0.2, 0) is 11.4 Å². The summed E-state index contributed by atoms with van der Waals surface area (Å²) >= 11 is 12.5.